The molecule has 1 aromatic heterocycles. The van der Waals surface area contributed by atoms with E-state index in [9.17, 15) is 14.7 Å². The highest BCUT2D eigenvalue weighted by atomic mass is 35.5. The van der Waals surface area contributed by atoms with Crippen molar-refractivity contribution in [3.8, 4) is 0 Å². The smallest absolute Gasteiger partial charge is 0.311 e. The summed E-state index contributed by atoms with van der Waals surface area (Å²) in [6.07, 6.45) is 3.28. The molecule has 1 unspecified atom stereocenters. The number of likely N-dealkylation sites (tertiary alicyclic amines) is 1. The Morgan fingerprint density at radius 2 is 2.25 bits per heavy atom. The van der Waals surface area contributed by atoms with E-state index >= 15 is 0 Å². The van der Waals surface area contributed by atoms with Gasteiger partial charge < -0.3 is 10.0 Å². The number of halogens is 1. The number of aromatic nitrogens is 1. The minimum absolute atomic E-state index is 0.235. The third kappa shape index (κ3) is 2.77. The Morgan fingerprint density at radius 3 is 2.80 bits per heavy atom. The third-order valence-corrected chi connectivity index (χ3v) is 3.99. The van der Waals surface area contributed by atoms with Crippen molar-refractivity contribution in [2.45, 2.75) is 26.2 Å². The number of nitrogens with zero attached hydrogens (tertiary/aromatic N) is 2. The molecule has 0 saturated carbocycles. The average Bonchev–Trinajstić information content (AvgIpc) is 2.85. The van der Waals surface area contributed by atoms with E-state index in [1.165, 1.54) is 6.20 Å². The molecule has 0 spiro atoms. The molecule has 1 amide bonds. The maximum atomic E-state index is 12.3. The number of aliphatic carboxylic acids is 1. The summed E-state index contributed by atoms with van der Waals surface area (Å²) in [7, 11) is 0. The van der Waals surface area contributed by atoms with Crippen molar-refractivity contribution in [2.75, 3.05) is 13.1 Å². The van der Waals surface area contributed by atoms with Gasteiger partial charge in [-0.15, -0.1) is 0 Å². The number of carboxylic acids is 1. The number of carboxylic acid groups (broad SMARTS) is 1. The van der Waals surface area contributed by atoms with Crippen LogP contribution < -0.4 is 0 Å². The van der Waals surface area contributed by atoms with Gasteiger partial charge in [0.25, 0.3) is 5.91 Å². The first-order valence-corrected chi connectivity index (χ1v) is 7.00. The zero-order valence-electron chi connectivity index (χ0n) is 11.3. The summed E-state index contributed by atoms with van der Waals surface area (Å²) in [5, 5.41) is 9.90. The molecule has 1 saturated heterocycles. The van der Waals surface area contributed by atoms with Gasteiger partial charge in [-0.05, 0) is 25.0 Å². The number of hydrogen-bond donors (Lipinski definition) is 1. The summed E-state index contributed by atoms with van der Waals surface area (Å²) >= 11 is 5.74. The molecule has 1 N–H and O–H groups in total. The molecule has 0 radical (unpaired) electrons. The van der Waals surface area contributed by atoms with Gasteiger partial charge in [0, 0.05) is 19.3 Å². The highest BCUT2D eigenvalue weighted by molar-refractivity contribution is 6.30. The summed E-state index contributed by atoms with van der Waals surface area (Å²) in [5.74, 6) is -1.06. The van der Waals surface area contributed by atoms with Crippen LogP contribution in [0.15, 0.2) is 18.3 Å². The van der Waals surface area contributed by atoms with Crippen molar-refractivity contribution in [3.05, 3.63) is 29.0 Å². The molecule has 108 valence electrons. The van der Waals surface area contributed by atoms with Crippen LogP contribution >= 0.6 is 11.6 Å². The zero-order chi connectivity index (χ0) is 14.8. The van der Waals surface area contributed by atoms with Crippen molar-refractivity contribution in [1.82, 2.24) is 9.88 Å². The number of amides is 1. The van der Waals surface area contributed by atoms with Crippen molar-refractivity contribution in [3.63, 3.8) is 0 Å². The van der Waals surface area contributed by atoms with Crippen LogP contribution in [0.3, 0.4) is 0 Å². The average molecular weight is 297 g/mol. The fraction of sp³-hybridized carbons (Fsp3) is 0.500. The Morgan fingerprint density at radius 1 is 1.50 bits per heavy atom. The van der Waals surface area contributed by atoms with Gasteiger partial charge in [-0.1, -0.05) is 24.9 Å². The zero-order valence-corrected chi connectivity index (χ0v) is 12.1. The second kappa shape index (κ2) is 5.79. The van der Waals surface area contributed by atoms with Gasteiger partial charge in [0.15, 0.2) is 0 Å². The Hall–Kier alpha value is -1.62. The molecule has 0 aliphatic carbocycles. The van der Waals surface area contributed by atoms with E-state index in [-0.39, 0.29) is 12.5 Å². The molecule has 1 atom stereocenters. The molecule has 1 fully saturated rings. The minimum atomic E-state index is -0.821. The Labute approximate surface area is 122 Å². The van der Waals surface area contributed by atoms with E-state index in [0.717, 1.165) is 6.42 Å². The van der Waals surface area contributed by atoms with E-state index in [2.05, 4.69) is 4.98 Å². The topological polar surface area (TPSA) is 70.5 Å². The Kier molecular flexibility index (Phi) is 4.28. The van der Waals surface area contributed by atoms with E-state index in [4.69, 9.17) is 11.6 Å². The summed E-state index contributed by atoms with van der Waals surface area (Å²) in [6, 6.07) is 3.17. The lowest BCUT2D eigenvalue weighted by Gasteiger charge is -2.24. The van der Waals surface area contributed by atoms with Crippen LogP contribution in [0.4, 0.5) is 0 Å². The molecular weight excluding hydrogens is 280 g/mol. The van der Waals surface area contributed by atoms with Crippen LogP contribution in [0.25, 0.3) is 0 Å². The Bertz CT molecular complexity index is 518. The maximum Gasteiger partial charge on any atom is 0.311 e. The van der Waals surface area contributed by atoms with Crippen molar-refractivity contribution >= 4 is 23.5 Å². The van der Waals surface area contributed by atoms with Crippen LogP contribution in [-0.2, 0) is 4.79 Å². The first-order chi connectivity index (χ1) is 9.48. The largest absolute Gasteiger partial charge is 0.481 e. The predicted molar refractivity (Wildman–Crippen MR) is 74.7 cm³/mol. The molecule has 2 rings (SSSR count). The lowest BCUT2D eigenvalue weighted by Crippen LogP contribution is -2.37. The normalized spacial score (nSPS) is 22.0. The highest BCUT2D eigenvalue weighted by Gasteiger charge is 2.45. The molecule has 6 heteroatoms. The molecule has 20 heavy (non-hydrogen) atoms. The lowest BCUT2D eigenvalue weighted by molar-refractivity contribution is -0.148. The first-order valence-electron chi connectivity index (χ1n) is 6.63. The van der Waals surface area contributed by atoms with Gasteiger partial charge in [0.2, 0.25) is 0 Å². The van der Waals surface area contributed by atoms with Crippen LogP contribution in [0.1, 0.15) is 36.7 Å². The minimum Gasteiger partial charge on any atom is -0.481 e. The number of carbonyl (C=O) groups excluding carboxylic acids is 1. The molecule has 0 aromatic carbocycles. The molecule has 5 nitrogen and oxygen atoms in total. The molecule has 0 bridgehead atoms. The van der Waals surface area contributed by atoms with Gasteiger partial charge >= 0.3 is 5.97 Å². The maximum absolute atomic E-state index is 12.3. The van der Waals surface area contributed by atoms with Crippen LogP contribution in [0.5, 0.6) is 0 Å². The third-order valence-electron chi connectivity index (χ3n) is 3.77. The summed E-state index contributed by atoms with van der Waals surface area (Å²) in [4.78, 5) is 29.4. The first kappa shape index (κ1) is 14.8. The second-order valence-corrected chi connectivity index (χ2v) is 5.61. The van der Waals surface area contributed by atoms with E-state index in [1.54, 1.807) is 17.0 Å². The van der Waals surface area contributed by atoms with Gasteiger partial charge in [-0.2, -0.15) is 0 Å². The second-order valence-electron chi connectivity index (χ2n) is 5.17. The SMILES string of the molecule is CCCC1(C(=O)O)CCN(C(=O)c2ccc(Cl)cn2)C1. The lowest BCUT2D eigenvalue weighted by atomic mass is 9.83. The molecule has 2 heterocycles. The fourth-order valence-corrected chi connectivity index (χ4v) is 2.79. The quantitative estimate of drug-likeness (QED) is 0.926. The number of hydrogen-bond acceptors (Lipinski definition) is 3. The van der Waals surface area contributed by atoms with Crippen LogP contribution in [0.2, 0.25) is 5.02 Å². The van der Waals surface area contributed by atoms with E-state index in [1.807, 2.05) is 6.92 Å². The van der Waals surface area contributed by atoms with Gasteiger partial charge in [-0.3, -0.25) is 9.59 Å². The monoisotopic (exact) mass is 296 g/mol. The Balaban J connectivity index is 2.14. The van der Waals surface area contributed by atoms with Gasteiger partial charge in [0.05, 0.1) is 10.4 Å². The standard InChI is InChI=1S/C14H17ClN2O3/c1-2-5-14(13(19)20)6-7-17(9-14)12(18)11-4-3-10(15)8-16-11/h3-4,8H,2,5-7,9H2,1H3,(H,19,20). The van der Waals surface area contributed by atoms with E-state index in [0.29, 0.717) is 30.1 Å². The number of carbonyl (C=O) groups is 2. The van der Waals surface area contributed by atoms with Crippen molar-refractivity contribution in [2.24, 2.45) is 5.41 Å². The molecule has 1 aromatic rings. The van der Waals surface area contributed by atoms with Crippen LogP contribution in [0, 0.1) is 5.41 Å². The van der Waals surface area contributed by atoms with Crippen molar-refractivity contribution in [1.29, 1.82) is 0 Å². The number of rotatable bonds is 4. The summed E-state index contributed by atoms with van der Waals surface area (Å²) in [5.41, 5.74) is -0.510. The highest BCUT2D eigenvalue weighted by Crippen LogP contribution is 2.36. The predicted octanol–water partition coefficient (Wildman–Crippen LogP) is 2.45. The molecular formula is C14H17ClN2O3. The van der Waals surface area contributed by atoms with Crippen LogP contribution in [-0.4, -0.2) is 40.0 Å². The van der Waals surface area contributed by atoms with E-state index < -0.39 is 11.4 Å². The van der Waals surface area contributed by atoms with Gasteiger partial charge in [-0.25, -0.2) is 4.98 Å². The molecule has 1 aliphatic rings. The van der Waals surface area contributed by atoms with Crippen molar-refractivity contribution < 1.29 is 14.7 Å². The molecule has 1 aliphatic heterocycles. The summed E-state index contributed by atoms with van der Waals surface area (Å²) in [6.45, 7) is 2.66. The van der Waals surface area contributed by atoms with Gasteiger partial charge in [0.1, 0.15) is 5.69 Å². The number of pyridine rings is 1. The summed E-state index contributed by atoms with van der Waals surface area (Å²) < 4.78 is 0. The fourth-order valence-electron chi connectivity index (χ4n) is 2.67.